The van der Waals surface area contributed by atoms with Crippen LogP contribution >= 0.6 is 0 Å². The first-order chi connectivity index (χ1) is 9.56. The van der Waals surface area contributed by atoms with Crippen molar-refractivity contribution in [2.24, 2.45) is 4.99 Å². The number of rotatable bonds is 5. The minimum atomic E-state index is -3.59. The molecule has 1 aromatic rings. The highest BCUT2D eigenvalue weighted by Crippen LogP contribution is 2.28. The van der Waals surface area contributed by atoms with E-state index in [4.69, 9.17) is 4.74 Å². The maximum Gasteiger partial charge on any atom is 0.266 e. The number of fused-ring (bicyclic) bond motifs is 1. The molecule has 0 saturated carbocycles. The van der Waals surface area contributed by atoms with Gasteiger partial charge in [0.05, 0.1) is 12.3 Å². The minimum Gasteiger partial charge on any atom is -0.494 e. The summed E-state index contributed by atoms with van der Waals surface area (Å²) in [5, 5.41) is 2.95. The number of nitrogens with zero attached hydrogens (tertiary/aromatic N) is 1. The van der Waals surface area contributed by atoms with E-state index >= 15 is 0 Å². The molecule has 1 aromatic carbocycles. The molecule has 1 aliphatic heterocycles. The van der Waals surface area contributed by atoms with Crippen molar-refractivity contribution in [3.8, 4) is 5.75 Å². The van der Waals surface area contributed by atoms with Gasteiger partial charge in [-0.2, -0.15) is 0 Å². The molecule has 2 rings (SSSR count). The van der Waals surface area contributed by atoms with Gasteiger partial charge in [0.15, 0.2) is 0 Å². The number of benzene rings is 1. The van der Waals surface area contributed by atoms with Crippen LogP contribution < -0.4 is 14.8 Å². The lowest BCUT2D eigenvalue weighted by Crippen LogP contribution is -2.40. The Hall–Kier alpha value is -1.76. The van der Waals surface area contributed by atoms with E-state index in [1.807, 2.05) is 6.92 Å². The molecule has 0 spiro atoms. The second-order valence-corrected chi connectivity index (χ2v) is 6.06. The molecule has 0 saturated heterocycles. The molecule has 0 aromatic heterocycles. The molecule has 1 heterocycles. The molecular formula is C13H19N3O3S. The summed E-state index contributed by atoms with van der Waals surface area (Å²) in [4.78, 5) is 4.23. The van der Waals surface area contributed by atoms with Crippen LogP contribution in [0.15, 0.2) is 28.1 Å². The van der Waals surface area contributed by atoms with Gasteiger partial charge in [-0.3, -0.25) is 4.99 Å². The van der Waals surface area contributed by atoms with Gasteiger partial charge in [0, 0.05) is 12.6 Å². The lowest BCUT2D eigenvalue weighted by atomic mass is 10.3. The summed E-state index contributed by atoms with van der Waals surface area (Å²) in [6.07, 6.45) is 1.97. The minimum absolute atomic E-state index is 0.182. The fourth-order valence-electron chi connectivity index (χ4n) is 1.82. The van der Waals surface area contributed by atoms with Crippen molar-refractivity contribution >= 4 is 21.7 Å². The Kier molecular flexibility index (Phi) is 4.49. The largest absolute Gasteiger partial charge is 0.494 e. The second kappa shape index (κ2) is 6.13. The molecular weight excluding hydrogens is 278 g/mol. The van der Waals surface area contributed by atoms with Crippen molar-refractivity contribution in [1.82, 2.24) is 4.72 Å². The third-order valence-electron chi connectivity index (χ3n) is 2.81. The third-order valence-corrected chi connectivity index (χ3v) is 4.19. The zero-order chi connectivity index (χ0) is 14.6. The third kappa shape index (κ3) is 3.22. The Labute approximate surface area is 119 Å². The van der Waals surface area contributed by atoms with Crippen LogP contribution in [0.5, 0.6) is 5.75 Å². The number of hydrogen-bond donors (Lipinski definition) is 2. The summed E-state index contributed by atoms with van der Waals surface area (Å²) < 4.78 is 32.2. The van der Waals surface area contributed by atoms with Crippen molar-refractivity contribution in [3.05, 3.63) is 18.2 Å². The summed E-state index contributed by atoms with van der Waals surface area (Å²) in [7, 11) is -3.59. The maximum atomic E-state index is 12.2. The number of hydrogen-bond acceptors (Lipinski definition) is 4. The Morgan fingerprint density at radius 2 is 2.10 bits per heavy atom. The van der Waals surface area contributed by atoms with Crippen LogP contribution in [-0.2, 0) is 10.0 Å². The normalized spacial score (nSPS) is 18.0. The quantitative estimate of drug-likeness (QED) is 0.814. The lowest BCUT2D eigenvalue weighted by Gasteiger charge is -2.22. The Morgan fingerprint density at radius 3 is 2.80 bits per heavy atom. The molecule has 7 heteroatoms. The first-order valence-corrected chi connectivity index (χ1v) is 8.16. The van der Waals surface area contributed by atoms with E-state index < -0.39 is 10.0 Å². The van der Waals surface area contributed by atoms with Crippen LogP contribution in [0.2, 0.25) is 0 Å². The van der Waals surface area contributed by atoms with E-state index in [-0.39, 0.29) is 10.9 Å². The van der Waals surface area contributed by atoms with Gasteiger partial charge in [-0.05, 0) is 25.5 Å². The number of anilines is 1. The van der Waals surface area contributed by atoms with Gasteiger partial charge in [0.2, 0.25) is 5.96 Å². The highest BCUT2D eigenvalue weighted by molar-refractivity contribution is 7.90. The molecule has 0 radical (unpaired) electrons. The van der Waals surface area contributed by atoms with Crippen LogP contribution in [0.25, 0.3) is 0 Å². The Bertz CT molecular complexity index is 611. The number of unbranched alkanes of at least 4 members (excludes halogenated alkanes) is 1. The predicted octanol–water partition coefficient (Wildman–Crippen LogP) is 1.95. The summed E-state index contributed by atoms with van der Waals surface area (Å²) in [5.41, 5.74) is 0.513. The Balaban J connectivity index is 2.28. The molecule has 20 heavy (non-hydrogen) atoms. The molecule has 0 unspecified atom stereocenters. The van der Waals surface area contributed by atoms with E-state index in [1.54, 1.807) is 12.1 Å². The standard InChI is InChI=1S/C13H19N3O3S/c1-3-5-8-19-10-6-7-11-12(9-10)20(17,18)16-13(15-11)14-4-2/h6-7,9H,3-5,8H2,1-2H3,(H2,14,15,16). The smallest absolute Gasteiger partial charge is 0.266 e. The topological polar surface area (TPSA) is 79.8 Å². The van der Waals surface area contributed by atoms with Crippen LogP contribution in [0.4, 0.5) is 5.69 Å². The van der Waals surface area contributed by atoms with Crippen LogP contribution in [0.1, 0.15) is 26.7 Å². The van der Waals surface area contributed by atoms with Gasteiger partial charge in [-0.1, -0.05) is 13.3 Å². The van der Waals surface area contributed by atoms with Crippen LogP contribution in [-0.4, -0.2) is 27.5 Å². The first kappa shape index (κ1) is 14.6. The van der Waals surface area contributed by atoms with Crippen molar-refractivity contribution in [3.63, 3.8) is 0 Å². The van der Waals surface area contributed by atoms with Gasteiger partial charge < -0.3 is 10.1 Å². The summed E-state index contributed by atoms with van der Waals surface area (Å²) >= 11 is 0. The fraction of sp³-hybridized carbons (Fsp3) is 0.462. The summed E-state index contributed by atoms with van der Waals surface area (Å²) in [6.45, 7) is 4.99. The fourth-order valence-corrected chi connectivity index (χ4v) is 2.98. The zero-order valence-corrected chi connectivity index (χ0v) is 12.5. The average molecular weight is 297 g/mol. The number of guanidine groups is 1. The van der Waals surface area contributed by atoms with Gasteiger partial charge >= 0.3 is 0 Å². The van der Waals surface area contributed by atoms with E-state index in [0.717, 1.165) is 12.8 Å². The van der Waals surface area contributed by atoms with Crippen molar-refractivity contribution in [2.45, 2.75) is 31.6 Å². The van der Waals surface area contributed by atoms with Gasteiger partial charge in [-0.15, -0.1) is 0 Å². The van der Waals surface area contributed by atoms with Crippen LogP contribution in [0.3, 0.4) is 0 Å². The monoisotopic (exact) mass is 297 g/mol. The van der Waals surface area contributed by atoms with Crippen molar-refractivity contribution in [2.75, 3.05) is 18.5 Å². The van der Waals surface area contributed by atoms with E-state index in [9.17, 15) is 8.42 Å². The van der Waals surface area contributed by atoms with Gasteiger partial charge in [0.1, 0.15) is 10.6 Å². The van der Waals surface area contributed by atoms with Crippen molar-refractivity contribution < 1.29 is 13.2 Å². The number of aliphatic imine (C=N–C) groups is 1. The van der Waals surface area contributed by atoms with Crippen molar-refractivity contribution in [1.29, 1.82) is 0 Å². The van der Waals surface area contributed by atoms with E-state index in [1.165, 1.54) is 6.07 Å². The lowest BCUT2D eigenvalue weighted by molar-refractivity contribution is 0.308. The molecule has 2 N–H and O–H groups in total. The molecule has 1 aliphatic rings. The molecule has 0 bridgehead atoms. The molecule has 0 atom stereocenters. The highest BCUT2D eigenvalue weighted by Gasteiger charge is 2.26. The Morgan fingerprint density at radius 1 is 1.30 bits per heavy atom. The molecule has 0 fully saturated rings. The van der Waals surface area contributed by atoms with E-state index in [0.29, 0.717) is 24.6 Å². The summed E-state index contributed by atoms with van der Waals surface area (Å²) in [6, 6.07) is 4.98. The maximum absolute atomic E-state index is 12.2. The molecule has 0 aliphatic carbocycles. The highest BCUT2D eigenvalue weighted by atomic mass is 32.2. The number of sulfonamides is 1. The second-order valence-electron chi connectivity index (χ2n) is 4.41. The molecule has 110 valence electrons. The van der Waals surface area contributed by atoms with Gasteiger partial charge in [0.25, 0.3) is 10.0 Å². The number of ether oxygens (including phenoxy) is 1. The van der Waals surface area contributed by atoms with Gasteiger partial charge in [-0.25, -0.2) is 13.1 Å². The predicted molar refractivity (Wildman–Crippen MR) is 78.8 cm³/mol. The SMILES string of the molecule is CCCCOc1ccc2c(c1)S(=O)(=O)NC(=NCC)N2. The summed E-state index contributed by atoms with van der Waals surface area (Å²) in [5.74, 6) is 0.805. The molecule has 0 amide bonds. The number of nitrogens with one attached hydrogen (secondary N) is 2. The average Bonchev–Trinajstić information content (AvgIpc) is 2.39. The zero-order valence-electron chi connectivity index (χ0n) is 11.6. The van der Waals surface area contributed by atoms with Crippen LogP contribution in [0, 0.1) is 0 Å². The first-order valence-electron chi connectivity index (χ1n) is 6.68. The van der Waals surface area contributed by atoms with E-state index in [2.05, 4.69) is 22.0 Å². The molecule has 6 nitrogen and oxygen atoms in total.